The average molecular weight is 166 g/mol. The molecule has 10 heavy (non-hydrogen) atoms. The van der Waals surface area contributed by atoms with Crippen molar-refractivity contribution in [2.24, 2.45) is 0 Å². The summed E-state index contributed by atoms with van der Waals surface area (Å²) in [6.45, 7) is 9.50. The maximum absolute atomic E-state index is 2.38. The van der Waals surface area contributed by atoms with Crippen molar-refractivity contribution < 1.29 is 29.6 Å². The molecule has 0 radical (unpaired) electrons. The zero-order chi connectivity index (χ0) is 7.33. The predicted molar refractivity (Wildman–Crippen MR) is 47.7 cm³/mol. The molecule has 0 aromatic rings. The van der Waals surface area contributed by atoms with Crippen LogP contribution in [0.4, 0.5) is 0 Å². The molecule has 0 nitrogen and oxygen atoms in total. The molecule has 0 atom stereocenters. The second-order valence-electron chi connectivity index (χ2n) is 3.37. The minimum atomic E-state index is -0.963. The topological polar surface area (TPSA) is 0 Å². The van der Waals surface area contributed by atoms with E-state index in [0.717, 1.165) is 0 Å². The zero-order valence-corrected chi connectivity index (χ0v) is 11.6. The second kappa shape index (κ2) is 7.20. The van der Waals surface area contributed by atoms with Gasteiger partial charge < -0.3 is 0 Å². The summed E-state index contributed by atoms with van der Waals surface area (Å²) in [5.41, 5.74) is 0. The van der Waals surface area contributed by atoms with Crippen LogP contribution in [0.3, 0.4) is 0 Å². The van der Waals surface area contributed by atoms with Crippen molar-refractivity contribution >= 4 is 13.1 Å². The van der Waals surface area contributed by atoms with Gasteiger partial charge in [0.05, 0.1) is 0 Å². The fraction of sp³-hybridized carbons (Fsp3) is 1.00. The molecule has 0 saturated heterocycles. The van der Waals surface area contributed by atoms with Crippen LogP contribution in [-0.2, 0) is 0 Å². The molecule has 0 amide bonds. The molecular weight excluding hydrogens is 146 g/mol. The Morgan fingerprint density at radius 2 is 0.900 bits per heavy atom. The molecule has 0 aliphatic rings. The molecule has 0 spiro atoms. The maximum atomic E-state index is 2.38. The van der Waals surface area contributed by atoms with Gasteiger partial charge in [-0.2, -0.15) is 21.1 Å². The van der Waals surface area contributed by atoms with Gasteiger partial charge in [0.15, 0.2) is 0 Å². The summed E-state index contributed by atoms with van der Waals surface area (Å²) >= 11 is -0.963. The van der Waals surface area contributed by atoms with Crippen LogP contribution >= 0.6 is 0 Å². The molecule has 2 heteroatoms. The molecule has 0 bridgehead atoms. The standard InChI is InChI=1S/4C2H5.Al.Na/c4*1-2;;/h4*1H2,2H3;;/q;;;;-1;+1. The summed E-state index contributed by atoms with van der Waals surface area (Å²) in [4.78, 5) is 0. The molecule has 0 fully saturated rings. The van der Waals surface area contributed by atoms with Crippen LogP contribution in [0.1, 0.15) is 27.7 Å². The van der Waals surface area contributed by atoms with E-state index in [0.29, 0.717) is 0 Å². The van der Waals surface area contributed by atoms with Crippen LogP contribution < -0.4 is 29.6 Å². The Balaban J connectivity index is 0. The number of hydrogen-bond donors (Lipinski definition) is 0. The summed E-state index contributed by atoms with van der Waals surface area (Å²) < 4.78 is 0. The third kappa shape index (κ3) is 3.79. The SMILES string of the molecule is C[CH2][Al-]([CH2]C)([CH2]C)[CH2]C.[Na+]. The Morgan fingerprint density at radius 1 is 0.700 bits per heavy atom. The van der Waals surface area contributed by atoms with Gasteiger partial charge in [-0.15, -0.1) is 27.7 Å². The van der Waals surface area contributed by atoms with Crippen LogP contribution in [0.25, 0.3) is 0 Å². The van der Waals surface area contributed by atoms with E-state index in [1.54, 1.807) is 0 Å². The maximum Gasteiger partial charge on any atom is 1.00 e. The molecule has 0 saturated carbocycles. The Morgan fingerprint density at radius 3 is 0.900 bits per heavy atom. The minimum absolute atomic E-state index is 0. The quantitative estimate of drug-likeness (QED) is 0.534. The summed E-state index contributed by atoms with van der Waals surface area (Å²) in [6.07, 6.45) is 0. The predicted octanol–water partition coefficient (Wildman–Crippen LogP) is 0.519. The van der Waals surface area contributed by atoms with Gasteiger partial charge in [0, 0.05) is 0 Å². The Hall–Kier alpha value is 1.53. The first-order chi connectivity index (χ1) is 4.24. The van der Waals surface area contributed by atoms with E-state index in [4.69, 9.17) is 0 Å². The normalized spacial score (nSPS) is 10.8. The van der Waals surface area contributed by atoms with Crippen LogP contribution in [0, 0.1) is 0 Å². The Bertz CT molecular complexity index is 52.1. The molecular formula is C8H20AlNa. The summed E-state index contributed by atoms with van der Waals surface area (Å²) in [5, 5.41) is 6.04. The molecule has 0 aromatic heterocycles. The van der Waals surface area contributed by atoms with Gasteiger partial charge in [0.1, 0.15) is 13.1 Å². The molecule has 56 valence electrons. The summed E-state index contributed by atoms with van der Waals surface area (Å²) in [6, 6.07) is 0. The number of rotatable bonds is 4. The second-order valence-corrected chi connectivity index (χ2v) is 10.1. The first-order valence-corrected chi connectivity index (χ1v) is 7.73. The first-order valence-electron chi connectivity index (χ1n) is 4.46. The van der Waals surface area contributed by atoms with Crippen molar-refractivity contribution in [2.45, 2.75) is 48.8 Å². The fourth-order valence-corrected chi connectivity index (χ4v) is 5.20. The van der Waals surface area contributed by atoms with Crippen LogP contribution in [0.5, 0.6) is 0 Å². The van der Waals surface area contributed by atoms with E-state index < -0.39 is 13.1 Å². The van der Waals surface area contributed by atoms with Crippen molar-refractivity contribution in [3.8, 4) is 0 Å². The molecule has 0 aliphatic carbocycles. The van der Waals surface area contributed by atoms with Gasteiger partial charge in [0.2, 0.25) is 0 Å². The smallest absolute Gasteiger partial charge is 0.194 e. The number of hydrogen-bond acceptors (Lipinski definition) is 0. The van der Waals surface area contributed by atoms with Gasteiger partial charge >= 0.3 is 29.6 Å². The van der Waals surface area contributed by atoms with Crippen LogP contribution in [0.2, 0.25) is 21.1 Å². The summed E-state index contributed by atoms with van der Waals surface area (Å²) in [5.74, 6) is 0. The average Bonchev–Trinajstić information content (AvgIpc) is 1.95. The molecule has 0 heterocycles. The third-order valence-corrected chi connectivity index (χ3v) is 10.4. The van der Waals surface area contributed by atoms with Crippen molar-refractivity contribution in [1.82, 2.24) is 0 Å². The molecule has 0 rings (SSSR count). The van der Waals surface area contributed by atoms with E-state index in [-0.39, 0.29) is 29.6 Å². The molecule has 0 unspecified atom stereocenters. The Kier molecular flexibility index (Phi) is 10.1. The van der Waals surface area contributed by atoms with Gasteiger partial charge in [-0.05, 0) is 0 Å². The van der Waals surface area contributed by atoms with Crippen molar-refractivity contribution in [1.29, 1.82) is 0 Å². The molecule has 0 aromatic carbocycles. The summed E-state index contributed by atoms with van der Waals surface area (Å²) in [7, 11) is 0. The van der Waals surface area contributed by atoms with E-state index in [1.165, 1.54) is 21.1 Å². The minimum Gasteiger partial charge on any atom is -0.194 e. The van der Waals surface area contributed by atoms with Gasteiger partial charge in [-0.1, -0.05) is 0 Å². The van der Waals surface area contributed by atoms with E-state index in [1.807, 2.05) is 0 Å². The monoisotopic (exact) mass is 166 g/mol. The van der Waals surface area contributed by atoms with Crippen LogP contribution in [-0.4, -0.2) is 13.1 Å². The Labute approximate surface area is 90.8 Å². The van der Waals surface area contributed by atoms with Gasteiger partial charge in [-0.3, -0.25) is 0 Å². The molecule has 0 N–H and O–H groups in total. The van der Waals surface area contributed by atoms with E-state index in [2.05, 4.69) is 27.7 Å². The van der Waals surface area contributed by atoms with Gasteiger partial charge in [0.25, 0.3) is 0 Å². The van der Waals surface area contributed by atoms with Crippen molar-refractivity contribution in [2.75, 3.05) is 0 Å². The largest absolute Gasteiger partial charge is 1.00 e. The zero-order valence-electron chi connectivity index (χ0n) is 8.41. The first kappa shape index (κ1) is 14.1. The van der Waals surface area contributed by atoms with Crippen LogP contribution in [0.15, 0.2) is 0 Å². The fourth-order valence-electron chi connectivity index (χ4n) is 1.73. The van der Waals surface area contributed by atoms with Crippen molar-refractivity contribution in [3.05, 3.63) is 0 Å². The van der Waals surface area contributed by atoms with E-state index >= 15 is 0 Å². The van der Waals surface area contributed by atoms with Crippen molar-refractivity contribution in [3.63, 3.8) is 0 Å². The molecule has 0 aliphatic heterocycles. The third-order valence-electron chi connectivity index (χ3n) is 3.46. The van der Waals surface area contributed by atoms with E-state index in [9.17, 15) is 0 Å². The van der Waals surface area contributed by atoms with Gasteiger partial charge in [-0.25, -0.2) is 0 Å².